The molecule has 1 aromatic carbocycles. The van der Waals surface area contributed by atoms with Gasteiger partial charge in [-0.3, -0.25) is 4.79 Å². The van der Waals surface area contributed by atoms with E-state index in [9.17, 15) is 4.79 Å². The SMILES string of the molecule is CC1COC(c2cccc(Cl)c2)CN1c1nn2c(=O)ccnc2s1. The summed E-state index contributed by atoms with van der Waals surface area (Å²) >= 11 is 7.50. The minimum atomic E-state index is -0.171. The van der Waals surface area contributed by atoms with Crippen molar-refractivity contribution < 1.29 is 4.74 Å². The Hall–Kier alpha value is -1.96. The zero-order valence-electron chi connectivity index (χ0n) is 12.9. The summed E-state index contributed by atoms with van der Waals surface area (Å²) in [6, 6.07) is 9.27. The molecule has 1 aliphatic rings. The van der Waals surface area contributed by atoms with Gasteiger partial charge in [0.25, 0.3) is 5.56 Å². The van der Waals surface area contributed by atoms with Crippen molar-refractivity contribution >= 4 is 33.0 Å². The molecule has 1 aliphatic heterocycles. The molecular formula is C16H15ClN4O2S. The van der Waals surface area contributed by atoms with Crippen LogP contribution in [0.25, 0.3) is 4.96 Å². The van der Waals surface area contributed by atoms with Crippen LogP contribution in [0.4, 0.5) is 5.13 Å². The number of anilines is 1. The summed E-state index contributed by atoms with van der Waals surface area (Å²) in [7, 11) is 0. The predicted molar refractivity (Wildman–Crippen MR) is 94.1 cm³/mol. The minimum Gasteiger partial charge on any atom is -0.370 e. The molecule has 1 saturated heterocycles. The molecule has 4 rings (SSSR count). The molecule has 0 N–H and O–H groups in total. The van der Waals surface area contributed by atoms with Crippen LogP contribution in [0.2, 0.25) is 5.02 Å². The van der Waals surface area contributed by atoms with Gasteiger partial charge in [-0.15, -0.1) is 5.10 Å². The Kier molecular flexibility index (Phi) is 3.99. The lowest BCUT2D eigenvalue weighted by Crippen LogP contribution is -2.45. The summed E-state index contributed by atoms with van der Waals surface area (Å²) < 4.78 is 7.32. The highest BCUT2D eigenvalue weighted by molar-refractivity contribution is 7.20. The van der Waals surface area contributed by atoms with Crippen LogP contribution in [0.15, 0.2) is 41.3 Å². The van der Waals surface area contributed by atoms with E-state index in [0.717, 1.165) is 10.7 Å². The Labute approximate surface area is 147 Å². The monoisotopic (exact) mass is 362 g/mol. The van der Waals surface area contributed by atoms with Crippen LogP contribution in [-0.2, 0) is 4.74 Å². The Balaban J connectivity index is 1.67. The molecule has 124 valence electrons. The van der Waals surface area contributed by atoms with Gasteiger partial charge in [-0.05, 0) is 24.6 Å². The van der Waals surface area contributed by atoms with Gasteiger partial charge >= 0.3 is 0 Å². The van der Waals surface area contributed by atoms with Gasteiger partial charge < -0.3 is 9.64 Å². The molecular weight excluding hydrogens is 348 g/mol. The molecule has 2 aromatic heterocycles. The minimum absolute atomic E-state index is 0.0865. The molecule has 24 heavy (non-hydrogen) atoms. The van der Waals surface area contributed by atoms with Gasteiger partial charge in [0.1, 0.15) is 6.10 Å². The van der Waals surface area contributed by atoms with E-state index in [1.165, 1.54) is 28.1 Å². The van der Waals surface area contributed by atoms with Crippen LogP contribution in [0.5, 0.6) is 0 Å². The van der Waals surface area contributed by atoms with Gasteiger partial charge in [-0.2, -0.15) is 4.52 Å². The summed E-state index contributed by atoms with van der Waals surface area (Å²) in [6.45, 7) is 3.31. The lowest BCUT2D eigenvalue weighted by atomic mass is 10.1. The number of nitrogens with zero attached hydrogens (tertiary/aromatic N) is 4. The largest absolute Gasteiger partial charge is 0.370 e. The van der Waals surface area contributed by atoms with E-state index in [2.05, 4.69) is 21.9 Å². The van der Waals surface area contributed by atoms with E-state index in [0.29, 0.717) is 23.1 Å². The smallest absolute Gasteiger partial charge is 0.275 e. The van der Waals surface area contributed by atoms with E-state index in [4.69, 9.17) is 16.3 Å². The molecule has 3 heterocycles. The van der Waals surface area contributed by atoms with Gasteiger partial charge in [0, 0.05) is 17.3 Å². The molecule has 0 amide bonds. The van der Waals surface area contributed by atoms with Crippen LogP contribution in [0, 0.1) is 0 Å². The van der Waals surface area contributed by atoms with Gasteiger partial charge in [0.2, 0.25) is 10.1 Å². The molecule has 0 radical (unpaired) electrons. The van der Waals surface area contributed by atoms with Crippen molar-refractivity contribution in [2.24, 2.45) is 0 Å². The van der Waals surface area contributed by atoms with Crippen LogP contribution in [0.1, 0.15) is 18.6 Å². The van der Waals surface area contributed by atoms with Gasteiger partial charge in [-0.25, -0.2) is 4.98 Å². The van der Waals surface area contributed by atoms with E-state index in [1.807, 2.05) is 24.3 Å². The quantitative estimate of drug-likeness (QED) is 0.701. The number of fused-ring (bicyclic) bond motifs is 1. The van der Waals surface area contributed by atoms with Crippen LogP contribution >= 0.6 is 22.9 Å². The van der Waals surface area contributed by atoms with Crippen molar-refractivity contribution in [3.63, 3.8) is 0 Å². The molecule has 8 heteroatoms. The van der Waals surface area contributed by atoms with Crippen molar-refractivity contribution in [3.05, 3.63) is 57.5 Å². The zero-order chi connectivity index (χ0) is 16.7. The molecule has 2 unspecified atom stereocenters. The fourth-order valence-corrected chi connectivity index (χ4v) is 3.97. The number of hydrogen-bond donors (Lipinski definition) is 0. The highest BCUT2D eigenvalue weighted by atomic mass is 35.5. The standard InChI is InChI=1S/C16H15ClN4O2S/c1-10-9-23-13(11-3-2-4-12(17)7-11)8-20(10)16-19-21-14(22)5-6-18-15(21)24-16/h2-7,10,13H,8-9H2,1H3. The number of morpholine rings is 1. The van der Waals surface area contributed by atoms with Crippen molar-refractivity contribution in [3.8, 4) is 0 Å². The molecule has 2 atom stereocenters. The van der Waals surface area contributed by atoms with E-state index < -0.39 is 0 Å². The molecule has 3 aromatic rings. The van der Waals surface area contributed by atoms with Crippen molar-refractivity contribution in [1.29, 1.82) is 0 Å². The van der Waals surface area contributed by atoms with Crippen molar-refractivity contribution in [2.75, 3.05) is 18.1 Å². The Morgan fingerprint density at radius 2 is 2.25 bits per heavy atom. The maximum Gasteiger partial charge on any atom is 0.275 e. The first-order valence-corrected chi connectivity index (χ1v) is 8.80. The summed E-state index contributed by atoms with van der Waals surface area (Å²) in [6.07, 6.45) is 1.42. The lowest BCUT2D eigenvalue weighted by molar-refractivity contribution is 0.0215. The zero-order valence-corrected chi connectivity index (χ0v) is 14.5. The molecule has 0 spiro atoms. The molecule has 0 aliphatic carbocycles. The molecule has 0 saturated carbocycles. The second-order valence-corrected chi connectivity index (χ2v) is 7.11. The number of ether oxygens (including phenoxy) is 1. The summed E-state index contributed by atoms with van der Waals surface area (Å²) in [4.78, 5) is 18.9. The highest BCUT2D eigenvalue weighted by Gasteiger charge is 2.29. The summed E-state index contributed by atoms with van der Waals surface area (Å²) in [5, 5.41) is 5.90. The van der Waals surface area contributed by atoms with Gasteiger partial charge in [0.05, 0.1) is 19.2 Å². The topological polar surface area (TPSA) is 59.7 Å². The maximum absolute atomic E-state index is 11.9. The van der Waals surface area contributed by atoms with E-state index >= 15 is 0 Å². The highest BCUT2D eigenvalue weighted by Crippen LogP contribution is 2.31. The first-order chi connectivity index (χ1) is 11.6. The fourth-order valence-electron chi connectivity index (χ4n) is 2.78. The number of aromatic nitrogens is 3. The van der Waals surface area contributed by atoms with Crippen LogP contribution < -0.4 is 10.5 Å². The fraction of sp³-hybridized carbons (Fsp3) is 0.312. The third kappa shape index (κ3) is 2.79. The Morgan fingerprint density at radius 1 is 1.38 bits per heavy atom. The number of rotatable bonds is 2. The Morgan fingerprint density at radius 3 is 3.04 bits per heavy atom. The van der Waals surface area contributed by atoms with E-state index in [-0.39, 0.29) is 17.7 Å². The van der Waals surface area contributed by atoms with Gasteiger partial charge in [-0.1, -0.05) is 35.1 Å². The summed E-state index contributed by atoms with van der Waals surface area (Å²) in [5.74, 6) is 0. The number of halogens is 1. The Bertz CT molecular complexity index is 941. The predicted octanol–water partition coefficient (Wildman–Crippen LogP) is 2.77. The lowest BCUT2D eigenvalue weighted by Gasteiger charge is -2.37. The second kappa shape index (κ2) is 6.16. The molecule has 1 fully saturated rings. The summed E-state index contributed by atoms with van der Waals surface area (Å²) in [5.41, 5.74) is 0.866. The first kappa shape index (κ1) is 15.6. The maximum atomic E-state index is 11.9. The molecule has 0 bridgehead atoms. The average Bonchev–Trinajstić information content (AvgIpc) is 3.01. The van der Waals surface area contributed by atoms with Crippen LogP contribution in [-0.4, -0.2) is 33.8 Å². The molecule has 6 nitrogen and oxygen atoms in total. The van der Waals surface area contributed by atoms with Crippen LogP contribution in [0.3, 0.4) is 0 Å². The normalized spacial score (nSPS) is 21.3. The number of hydrogen-bond acceptors (Lipinski definition) is 6. The second-order valence-electron chi connectivity index (χ2n) is 5.74. The number of benzene rings is 1. The van der Waals surface area contributed by atoms with Gasteiger partial charge in [0.15, 0.2) is 0 Å². The third-order valence-corrected chi connectivity index (χ3v) is 5.25. The third-order valence-electron chi connectivity index (χ3n) is 4.06. The van der Waals surface area contributed by atoms with E-state index in [1.54, 1.807) is 0 Å². The first-order valence-electron chi connectivity index (χ1n) is 7.60. The van der Waals surface area contributed by atoms with Crippen molar-refractivity contribution in [2.45, 2.75) is 19.1 Å². The van der Waals surface area contributed by atoms with Crippen molar-refractivity contribution in [1.82, 2.24) is 14.6 Å². The average molecular weight is 363 g/mol.